The van der Waals surface area contributed by atoms with Crippen LogP contribution in [0.15, 0.2) is 18.2 Å². The minimum absolute atomic E-state index is 0.304. The van der Waals surface area contributed by atoms with Gasteiger partial charge in [-0.1, -0.05) is 36.2 Å². The van der Waals surface area contributed by atoms with Gasteiger partial charge in [-0.15, -0.1) is 0 Å². The average molecular weight is 302 g/mol. The number of nitrogens with one attached hydrogen (secondary N) is 1. The standard InChI is InChI=1S/C15H21Cl2NO/c1-2-18-15(9-11-5-7-19-8-6-11)13-4-3-12(16)10-14(13)17/h3-4,10-11,15,18H,2,5-9H2,1H3. The Kier molecular flexibility index (Phi) is 5.96. The quantitative estimate of drug-likeness (QED) is 0.867. The van der Waals surface area contributed by atoms with Crippen LogP contribution >= 0.6 is 23.2 Å². The van der Waals surface area contributed by atoms with E-state index < -0.39 is 0 Å². The molecule has 1 unspecified atom stereocenters. The first kappa shape index (κ1) is 15.1. The third-order valence-corrected chi connectivity index (χ3v) is 4.26. The van der Waals surface area contributed by atoms with Gasteiger partial charge in [0.1, 0.15) is 0 Å². The highest BCUT2D eigenvalue weighted by Gasteiger charge is 2.21. The lowest BCUT2D eigenvalue weighted by atomic mass is 9.89. The fourth-order valence-electron chi connectivity index (χ4n) is 2.67. The van der Waals surface area contributed by atoms with Crippen molar-refractivity contribution in [1.82, 2.24) is 5.32 Å². The highest BCUT2D eigenvalue weighted by atomic mass is 35.5. The van der Waals surface area contributed by atoms with E-state index in [1.54, 1.807) is 0 Å². The van der Waals surface area contributed by atoms with Gasteiger partial charge < -0.3 is 10.1 Å². The molecule has 106 valence electrons. The number of benzene rings is 1. The first-order valence-electron chi connectivity index (χ1n) is 6.96. The molecular weight excluding hydrogens is 281 g/mol. The van der Waals surface area contributed by atoms with Crippen LogP contribution in [0.3, 0.4) is 0 Å². The Bertz CT molecular complexity index is 405. The first-order chi connectivity index (χ1) is 9.20. The van der Waals surface area contributed by atoms with Gasteiger partial charge in [-0.2, -0.15) is 0 Å². The first-order valence-corrected chi connectivity index (χ1v) is 7.72. The van der Waals surface area contributed by atoms with E-state index in [0.29, 0.717) is 17.0 Å². The van der Waals surface area contributed by atoms with Gasteiger partial charge in [0.25, 0.3) is 0 Å². The summed E-state index contributed by atoms with van der Waals surface area (Å²) in [6, 6.07) is 6.08. The summed E-state index contributed by atoms with van der Waals surface area (Å²) in [6.07, 6.45) is 3.40. The number of halogens is 2. The van der Waals surface area contributed by atoms with Crippen LogP contribution in [-0.2, 0) is 4.74 Å². The van der Waals surface area contributed by atoms with E-state index in [0.717, 1.165) is 49.6 Å². The van der Waals surface area contributed by atoms with Crippen LogP contribution in [0.2, 0.25) is 10.0 Å². The lowest BCUT2D eigenvalue weighted by molar-refractivity contribution is 0.0606. The molecule has 1 heterocycles. The molecule has 2 rings (SSSR count). The van der Waals surface area contributed by atoms with Crippen LogP contribution in [0, 0.1) is 5.92 Å². The minimum Gasteiger partial charge on any atom is -0.381 e. The molecule has 0 aliphatic carbocycles. The Morgan fingerprint density at radius 2 is 2.05 bits per heavy atom. The highest BCUT2D eigenvalue weighted by molar-refractivity contribution is 6.35. The summed E-state index contributed by atoms with van der Waals surface area (Å²) >= 11 is 12.3. The maximum atomic E-state index is 6.33. The summed E-state index contributed by atoms with van der Waals surface area (Å²) in [5.74, 6) is 0.713. The smallest absolute Gasteiger partial charge is 0.0468 e. The molecule has 1 aliphatic rings. The van der Waals surface area contributed by atoms with Gasteiger partial charge in [0.2, 0.25) is 0 Å². The zero-order valence-corrected chi connectivity index (χ0v) is 12.8. The Morgan fingerprint density at radius 3 is 2.68 bits per heavy atom. The number of hydrogen-bond donors (Lipinski definition) is 1. The topological polar surface area (TPSA) is 21.3 Å². The van der Waals surface area contributed by atoms with Crippen LogP contribution in [0.1, 0.15) is 37.8 Å². The fourth-order valence-corrected chi connectivity index (χ4v) is 3.21. The lowest BCUT2D eigenvalue weighted by Gasteiger charge is -2.28. The van der Waals surface area contributed by atoms with Crippen LogP contribution in [0.4, 0.5) is 0 Å². The second kappa shape index (κ2) is 7.49. The SMILES string of the molecule is CCNC(CC1CCOCC1)c1ccc(Cl)cc1Cl. The lowest BCUT2D eigenvalue weighted by Crippen LogP contribution is -2.26. The molecule has 1 aromatic carbocycles. The molecule has 0 amide bonds. The average Bonchev–Trinajstić information content (AvgIpc) is 2.39. The van der Waals surface area contributed by atoms with Crippen molar-refractivity contribution in [1.29, 1.82) is 0 Å². The summed E-state index contributed by atoms with van der Waals surface area (Å²) in [5, 5.41) is 4.98. The van der Waals surface area contributed by atoms with E-state index in [1.807, 2.05) is 18.2 Å². The van der Waals surface area contributed by atoms with Gasteiger partial charge in [0.05, 0.1) is 0 Å². The molecule has 1 atom stereocenters. The zero-order valence-electron chi connectivity index (χ0n) is 11.3. The summed E-state index contributed by atoms with van der Waals surface area (Å²) in [5.41, 5.74) is 1.15. The summed E-state index contributed by atoms with van der Waals surface area (Å²) in [7, 11) is 0. The second-order valence-corrected chi connectivity index (χ2v) is 5.91. The molecule has 1 fully saturated rings. The maximum Gasteiger partial charge on any atom is 0.0468 e. The monoisotopic (exact) mass is 301 g/mol. The second-order valence-electron chi connectivity index (χ2n) is 5.07. The molecule has 1 aliphatic heterocycles. The van der Waals surface area contributed by atoms with Crippen LogP contribution < -0.4 is 5.32 Å². The normalized spacial score (nSPS) is 18.5. The molecule has 4 heteroatoms. The minimum atomic E-state index is 0.304. The predicted molar refractivity (Wildman–Crippen MR) is 81.0 cm³/mol. The molecule has 19 heavy (non-hydrogen) atoms. The van der Waals surface area contributed by atoms with Gasteiger partial charge in [-0.05, 0) is 49.4 Å². The zero-order chi connectivity index (χ0) is 13.7. The van der Waals surface area contributed by atoms with Crippen molar-refractivity contribution in [2.24, 2.45) is 5.92 Å². The highest BCUT2D eigenvalue weighted by Crippen LogP contribution is 2.32. The van der Waals surface area contributed by atoms with Gasteiger partial charge in [0.15, 0.2) is 0 Å². The molecule has 0 saturated carbocycles. The Balaban J connectivity index is 2.09. The fraction of sp³-hybridized carbons (Fsp3) is 0.600. The molecule has 0 aromatic heterocycles. The van der Waals surface area contributed by atoms with Crippen LogP contribution in [0.25, 0.3) is 0 Å². The summed E-state index contributed by atoms with van der Waals surface area (Å²) < 4.78 is 5.42. The molecule has 0 radical (unpaired) electrons. The molecule has 1 N–H and O–H groups in total. The van der Waals surface area contributed by atoms with E-state index in [4.69, 9.17) is 27.9 Å². The summed E-state index contributed by atoms with van der Waals surface area (Å²) in [6.45, 7) is 4.84. The van der Waals surface area contributed by atoms with Crippen molar-refractivity contribution < 1.29 is 4.74 Å². The number of ether oxygens (including phenoxy) is 1. The van der Waals surface area contributed by atoms with Crippen molar-refractivity contribution in [2.45, 2.75) is 32.2 Å². The Hall–Kier alpha value is -0.280. The van der Waals surface area contributed by atoms with Gasteiger partial charge >= 0.3 is 0 Å². The van der Waals surface area contributed by atoms with E-state index in [-0.39, 0.29) is 0 Å². The number of rotatable bonds is 5. The van der Waals surface area contributed by atoms with Gasteiger partial charge in [-0.25, -0.2) is 0 Å². The Labute approximate surface area is 125 Å². The third-order valence-electron chi connectivity index (χ3n) is 3.70. The predicted octanol–water partition coefficient (Wildman–Crippen LogP) is 4.46. The number of hydrogen-bond acceptors (Lipinski definition) is 2. The largest absolute Gasteiger partial charge is 0.381 e. The molecular formula is C15H21Cl2NO. The van der Waals surface area contributed by atoms with Crippen molar-refractivity contribution in [3.63, 3.8) is 0 Å². The maximum absolute atomic E-state index is 6.33. The molecule has 0 spiro atoms. The van der Waals surface area contributed by atoms with Crippen LogP contribution in [-0.4, -0.2) is 19.8 Å². The summed E-state index contributed by atoms with van der Waals surface area (Å²) in [4.78, 5) is 0. The van der Waals surface area contributed by atoms with E-state index >= 15 is 0 Å². The van der Waals surface area contributed by atoms with Crippen molar-refractivity contribution in [3.8, 4) is 0 Å². The third kappa shape index (κ3) is 4.35. The molecule has 2 nitrogen and oxygen atoms in total. The van der Waals surface area contributed by atoms with E-state index in [9.17, 15) is 0 Å². The van der Waals surface area contributed by atoms with Gasteiger partial charge in [-0.3, -0.25) is 0 Å². The molecule has 0 bridgehead atoms. The van der Waals surface area contributed by atoms with Crippen molar-refractivity contribution in [3.05, 3.63) is 33.8 Å². The van der Waals surface area contributed by atoms with Crippen molar-refractivity contribution in [2.75, 3.05) is 19.8 Å². The van der Waals surface area contributed by atoms with E-state index in [2.05, 4.69) is 12.2 Å². The molecule has 1 saturated heterocycles. The van der Waals surface area contributed by atoms with Crippen LogP contribution in [0.5, 0.6) is 0 Å². The molecule has 1 aromatic rings. The van der Waals surface area contributed by atoms with Gasteiger partial charge in [0, 0.05) is 29.3 Å². The Morgan fingerprint density at radius 1 is 1.32 bits per heavy atom. The van der Waals surface area contributed by atoms with E-state index in [1.165, 1.54) is 0 Å². The van der Waals surface area contributed by atoms with Crippen molar-refractivity contribution >= 4 is 23.2 Å².